The zero-order valence-electron chi connectivity index (χ0n) is 17.7. The minimum atomic E-state index is -4.69. The minimum Gasteiger partial charge on any atom is -0.496 e. The highest BCUT2D eigenvalue weighted by atomic mass is 19.4. The highest BCUT2D eigenvalue weighted by Gasteiger charge is 2.35. The van der Waals surface area contributed by atoms with Crippen molar-refractivity contribution >= 4 is 28.8 Å². The number of anilines is 4. The molecule has 3 aromatic rings. The fourth-order valence-corrected chi connectivity index (χ4v) is 3.04. The summed E-state index contributed by atoms with van der Waals surface area (Å²) in [6.07, 6.45) is -2.30. The zero-order chi connectivity index (χ0) is 23.5. The van der Waals surface area contributed by atoms with Crippen molar-refractivity contribution in [1.82, 2.24) is 20.2 Å². The van der Waals surface area contributed by atoms with Gasteiger partial charge in [0.25, 0.3) is 5.91 Å². The van der Waals surface area contributed by atoms with Gasteiger partial charge in [0.05, 0.1) is 42.5 Å². The predicted octanol–water partition coefficient (Wildman–Crippen LogP) is 3.93. The fourth-order valence-electron chi connectivity index (χ4n) is 3.04. The number of carbonyl (C=O) groups is 1. The molecule has 32 heavy (non-hydrogen) atoms. The van der Waals surface area contributed by atoms with Gasteiger partial charge >= 0.3 is 6.18 Å². The van der Waals surface area contributed by atoms with Crippen molar-refractivity contribution in [1.29, 1.82) is 0 Å². The Morgan fingerprint density at radius 2 is 1.88 bits per heavy atom. The third kappa shape index (κ3) is 4.91. The second-order valence-corrected chi connectivity index (χ2v) is 6.68. The lowest BCUT2D eigenvalue weighted by Crippen LogP contribution is -2.23. The van der Waals surface area contributed by atoms with Gasteiger partial charge in [-0.25, -0.2) is 10.5 Å². The van der Waals surface area contributed by atoms with Gasteiger partial charge in [0.2, 0.25) is 0 Å². The van der Waals surface area contributed by atoms with Crippen LogP contribution in [0.4, 0.5) is 36.1 Å². The number of aryl methyl sites for hydroxylation is 2. The molecule has 1 aromatic carbocycles. The summed E-state index contributed by atoms with van der Waals surface area (Å²) in [6.45, 7) is 1.75. The molecule has 0 aliphatic carbocycles. The Hall–Kier alpha value is -3.80. The Morgan fingerprint density at radius 1 is 1.12 bits per heavy atom. The molecule has 3 rings (SSSR count). The molecule has 0 radical (unpaired) electrons. The number of nitrogens with one attached hydrogen (secondary N) is 3. The van der Waals surface area contributed by atoms with Gasteiger partial charge in [-0.2, -0.15) is 18.3 Å². The van der Waals surface area contributed by atoms with Gasteiger partial charge in [0.15, 0.2) is 0 Å². The molecule has 0 bridgehead atoms. The molecule has 0 saturated carbocycles. The average Bonchev–Trinajstić information content (AvgIpc) is 3.03. The molecule has 170 valence electrons. The first-order valence-corrected chi connectivity index (χ1v) is 9.26. The maximum Gasteiger partial charge on any atom is 0.419 e. The number of halogens is 3. The first-order chi connectivity index (χ1) is 15.1. The second kappa shape index (κ2) is 9.14. The Labute approximate surface area is 181 Å². The Balaban J connectivity index is 2.06. The zero-order valence-corrected chi connectivity index (χ0v) is 17.7. The lowest BCUT2D eigenvalue weighted by atomic mass is 10.1. The average molecular weight is 450 g/mol. The van der Waals surface area contributed by atoms with Crippen LogP contribution in [-0.2, 0) is 18.1 Å². The van der Waals surface area contributed by atoms with E-state index in [0.29, 0.717) is 17.6 Å². The van der Waals surface area contributed by atoms with Crippen molar-refractivity contribution in [3.8, 4) is 5.75 Å². The molecule has 0 spiro atoms. The topological polar surface area (TPSA) is 102 Å². The number of carbonyl (C=O) groups excluding carboxylic acids is 1. The van der Waals surface area contributed by atoms with Gasteiger partial charge in [-0.1, -0.05) is 6.07 Å². The molecule has 0 aliphatic rings. The lowest BCUT2D eigenvalue weighted by Gasteiger charge is -2.18. The standard InChI is InChI=1S/C20H21F3N6O3/c1-11-15(10-29(2)27-11)26-17-8-14(12(9-24-17)20(21,22)23)25-13-6-5-7-16(31-3)18(13)19(30)28-32-4/h5-10H,1-4H3,(H,28,30)(H2,24,25,26). The molecule has 0 unspecified atom stereocenters. The molecule has 0 saturated heterocycles. The van der Waals surface area contributed by atoms with Crippen LogP contribution in [0.15, 0.2) is 36.7 Å². The quantitative estimate of drug-likeness (QED) is 0.469. The molecule has 9 nitrogen and oxygen atoms in total. The third-order valence-corrected chi connectivity index (χ3v) is 4.42. The van der Waals surface area contributed by atoms with Gasteiger partial charge in [-0.15, -0.1) is 0 Å². The summed E-state index contributed by atoms with van der Waals surface area (Å²) in [6, 6.07) is 5.70. The number of alkyl halides is 3. The van der Waals surface area contributed by atoms with Gasteiger partial charge in [-0.3, -0.25) is 14.3 Å². The van der Waals surface area contributed by atoms with E-state index in [1.165, 1.54) is 38.5 Å². The fraction of sp³-hybridized carbons (Fsp3) is 0.250. The summed E-state index contributed by atoms with van der Waals surface area (Å²) in [4.78, 5) is 21.0. The minimum absolute atomic E-state index is 0.0283. The van der Waals surface area contributed by atoms with Crippen LogP contribution in [0.5, 0.6) is 5.75 Å². The van der Waals surface area contributed by atoms with Crippen molar-refractivity contribution in [3.05, 3.63) is 53.5 Å². The van der Waals surface area contributed by atoms with E-state index in [1.54, 1.807) is 24.9 Å². The van der Waals surface area contributed by atoms with E-state index < -0.39 is 17.6 Å². The number of pyridine rings is 1. The summed E-state index contributed by atoms with van der Waals surface area (Å²) in [7, 11) is 4.30. The smallest absolute Gasteiger partial charge is 0.419 e. The van der Waals surface area contributed by atoms with E-state index in [9.17, 15) is 18.0 Å². The van der Waals surface area contributed by atoms with Crippen molar-refractivity contribution in [2.75, 3.05) is 24.9 Å². The molecule has 3 N–H and O–H groups in total. The van der Waals surface area contributed by atoms with Crippen molar-refractivity contribution < 1.29 is 27.5 Å². The van der Waals surface area contributed by atoms with Crippen molar-refractivity contribution in [2.45, 2.75) is 13.1 Å². The van der Waals surface area contributed by atoms with Crippen LogP contribution >= 0.6 is 0 Å². The Kier molecular flexibility index (Phi) is 6.53. The number of amides is 1. The number of hydrogen-bond acceptors (Lipinski definition) is 7. The van der Waals surface area contributed by atoms with E-state index >= 15 is 0 Å². The summed E-state index contributed by atoms with van der Waals surface area (Å²) in [5, 5.41) is 9.83. The second-order valence-electron chi connectivity index (χ2n) is 6.68. The van der Waals surface area contributed by atoms with Gasteiger partial charge in [0.1, 0.15) is 17.1 Å². The molecular weight excluding hydrogens is 429 g/mol. The molecule has 12 heteroatoms. The molecule has 0 atom stereocenters. The SMILES string of the molecule is CONC(=O)c1c(Nc2cc(Nc3cn(C)nc3C)ncc2C(F)(F)F)cccc1OC. The van der Waals surface area contributed by atoms with Crippen LogP contribution in [-0.4, -0.2) is 34.9 Å². The number of aromatic nitrogens is 3. The van der Waals surface area contributed by atoms with E-state index in [2.05, 4.69) is 31.0 Å². The van der Waals surface area contributed by atoms with Crippen LogP contribution in [0, 0.1) is 6.92 Å². The van der Waals surface area contributed by atoms with E-state index in [0.717, 1.165) is 0 Å². The van der Waals surface area contributed by atoms with Crippen LogP contribution in [0.3, 0.4) is 0 Å². The number of hydroxylamine groups is 1. The van der Waals surface area contributed by atoms with E-state index in [1.807, 2.05) is 0 Å². The maximum absolute atomic E-state index is 13.7. The summed E-state index contributed by atoms with van der Waals surface area (Å²) in [5.74, 6) is -0.390. The highest BCUT2D eigenvalue weighted by Crippen LogP contribution is 2.38. The van der Waals surface area contributed by atoms with Crippen molar-refractivity contribution in [2.24, 2.45) is 7.05 Å². The number of ether oxygens (including phenoxy) is 1. The summed E-state index contributed by atoms with van der Waals surface area (Å²) in [5.41, 5.74) is 2.12. The Bertz CT molecular complexity index is 1130. The Morgan fingerprint density at radius 3 is 2.47 bits per heavy atom. The molecule has 0 aliphatic heterocycles. The van der Waals surface area contributed by atoms with Crippen LogP contribution in [0.25, 0.3) is 0 Å². The van der Waals surface area contributed by atoms with E-state index in [-0.39, 0.29) is 28.5 Å². The van der Waals surface area contributed by atoms with Gasteiger partial charge in [-0.05, 0) is 19.1 Å². The molecule has 1 amide bonds. The maximum atomic E-state index is 13.7. The predicted molar refractivity (Wildman–Crippen MR) is 111 cm³/mol. The van der Waals surface area contributed by atoms with Crippen LogP contribution in [0.1, 0.15) is 21.6 Å². The monoisotopic (exact) mass is 450 g/mol. The van der Waals surface area contributed by atoms with Gasteiger partial charge in [0, 0.05) is 25.5 Å². The number of hydrogen-bond donors (Lipinski definition) is 3. The highest BCUT2D eigenvalue weighted by molar-refractivity contribution is 6.02. The molecule has 2 heterocycles. The number of methoxy groups -OCH3 is 1. The van der Waals surface area contributed by atoms with Gasteiger partial charge < -0.3 is 15.4 Å². The molecule has 2 aromatic heterocycles. The molecule has 0 fully saturated rings. The summed E-state index contributed by atoms with van der Waals surface area (Å²) >= 11 is 0. The molecular formula is C20H21F3N6O3. The largest absolute Gasteiger partial charge is 0.496 e. The number of nitrogens with zero attached hydrogens (tertiary/aromatic N) is 3. The first kappa shape index (κ1) is 22.9. The van der Waals surface area contributed by atoms with Crippen LogP contribution < -0.4 is 20.9 Å². The van der Waals surface area contributed by atoms with Crippen molar-refractivity contribution in [3.63, 3.8) is 0 Å². The first-order valence-electron chi connectivity index (χ1n) is 9.26. The number of benzene rings is 1. The third-order valence-electron chi connectivity index (χ3n) is 4.42. The normalized spacial score (nSPS) is 11.2. The van der Waals surface area contributed by atoms with E-state index in [4.69, 9.17) is 4.74 Å². The van der Waals surface area contributed by atoms with Crippen LogP contribution in [0.2, 0.25) is 0 Å². The number of rotatable bonds is 7. The summed E-state index contributed by atoms with van der Waals surface area (Å²) < 4.78 is 47.8. The lowest BCUT2D eigenvalue weighted by molar-refractivity contribution is -0.137.